The highest BCUT2D eigenvalue weighted by molar-refractivity contribution is 7.89. The van der Waals surface area contributed by atoms with Crippen molar-refractivity contribution in [2.75, 3.05) is 6.54 Å². The summed E-state index contributed by atoms with van der Waals surface area (Å²) in [6.07, 6.45) is 4.30. The van der Waals surface area contributed by atoms with E-state index in [0.717, 1.165) is 6.42 Å². The van der Waals surface area contributed by atoms with Gasteiger partial charge in [0, 0.05) is 12.1 Å². The zero-order valence-electron chi connectivity index (χ0n) is 13.1. The smallest absolute Gasteiger partial charge is 0.379 e. The molecule has 7 heteroatoms. The van der Waals surface area contributed by atoms with Crippen LogP contribution in [0.5, 0.6) is 0 Å². The summed E-state index contributed by atoms with van der Waals surface area (Å²) in [6, 6.07) is 9.54. The quantitative estimate of drug-likeness (QED) is 0.776. The molecule has 0 atom stereocenters. The molecule has 3 rings (SSSR count). The Bertz CT molecular complexity index is 868. The summed E-state index contributed by atoms with van der Waals surface area (Å²) in [7, 11) is -3.64. The lowest BCUT2D eigenvalue weighted by Gasteiger charge is -2.27. The minimum atomic E-state index is -3.64. The molecule has 6 nitrogen and oxygen atoms in total. The number of unbranched alkanes of at least 4 members (excludes halogenated alkanes) is 1. The van der Waals surface area contributed by atoms with Gasteiger partial charge in [0.1, 0.15) is 0 Å². The van der Waals surface area contributed by atoms with E-state index in [4.69, 9.17) is 9.15 Å². The molecule has 1 aliphatic rings. The third-order valence-corrected chi connectivity index (χ3v) is 5.47. The Hall–Kier alpha value is -2.54. The standard InChI is InChI=1S/C17H17NO5S/c1-2-3-10-18-12-15(23-17(19)14-8-6-11-22-14)13-7-4-5-9-16(13)24(18,20)21/h4-9,11-12H,2-3,10H2,1H3. The fraction of sp³-hybridized carbons (Fsp3) is 0.235. The molecule has 0 N–H and O–H groups in total. The Morgan fingerprint density at radius 1 is 1.21 bits per heavy atom. The zero-order valence-corrected chi connectivity index (χ0v) is 14.0. The fourth-order valence-electron chi connectivity index (χ4n) is 2.42. The number of nitrogens with zero attached hydrogens (tertiary/aromatic N) is 1. The van der Waals surface area contributed by atoms with Crippen LogP contribution in [0.1, 0.15) is 35.9 Å². The molecule has 0 saturated heterocycles. The van der Waals surface area contributed by atoms with Crippen LogP contribution in [-0.2, 0) is 14.8 Å². The van der Waals surface area contributed by atoms with Gasteiger partial charge in [0.05, 0.1) is 17.4 Å². The molecule has 0 fully saturated rings. The van der Waals surface area contributed by atoms with E-state index in [-0.39, 0.29) is 16.4 Å². The summed E-state index contributed by atoms with van der Waals surface area (Å²) in [5.41, 5.74) is 0.366. The lowest BCUT2D eigenvalue weighted by Crippen LogP contribution is -2.31. The van der Waals surface area contributed by atoms with Crippen molar-refractivity contribution in [3.63, 3.8) is 0 Å². The maximum atomic E-state index is 12.7. The normalized spacial score (nSPS) is 15.5. The first kappa shape index (κ1) is 16.3. The summed E-state index contributed by atoms with van der Waals surface area (Å²) in [6.45, 7) is 2.31. The molecule has 0 radical (unpaired) electrons. The zero-order chi connectivity index (χ0) is 17.2. The fourth-order valence-corrected chi connectivity index (χ4v) is 3.97. The van der Waals surface area contributed by atoms with Gasteiger partial charge in [-0.2, -0.15) is 0 Å². The Morgan fingerprint density at radius 3 is 2.71 bits per heavy atom. The molecule has 1 aromatic carbocycles. The van der Waals surface area contributed by atoms with Gasteiger partial charge in [0.2, 0.25) is 5.76 Å². The van der Waals surface area contributed by atoms with E-state index in [1.165, 1.54) is 28.9 Å². The van der Waals surface area contributed by atoms with E-state index in [9.17, 15) is 13.2 Å². The number of hydrogen-bond acceptors (Lipinski definition) is 5. The van der Waals surface area contributed by atoms with E-state index < -0.39 is 16.0 Å². The first-order valence-corrected chi connectivity index (χ1v) is 9.07. The number of carbonyl (C=O) groups excluding carboxylic acids is 1. The van der Waals surface area contributed by atoms with Gasteiger partial charge < -0.3 is 9.15 Å². The number of sulfonamides is 1. The van der Waals surface area contributed by atoms with Gasteiger partial charge in [0.15, 0.2) is 5.76 Å². The molecule has 0 saturated carbocycles. The molecule has 126 valence electrons. The van der Waals surface area contributed by atoms with E-state index in [1.807, 2.05) is 6.92 Å². The number of esters is 1. The van der Waals surface area contributed by atoms with Crippen LogP contribution < -0.4 is 0 Å². The third-order valence-electron chi connectivity index (χ3n) is 3.66. The average molecular weight is 347 g/mol. The van der Waals surface area contributed by atoms with Crippen molar-refractivity contribution in [2.45, 2.75) is 24.7 Å². The predicted molar refractivity (Wildman–Crippen MR) is 87.3 cm³/mol. The first-order chi connectivity index (χ1) is 11.5. The molecule has 0 amide bonds. The molecular formula is C17H17NO5S. The number of furan rings is 1. The number of rotatable bonds is 5. The second-order valence-corrected chi connectivity index (χ2v) is 7.18. The maximum Gasteiger partial charge on any atom is 0.379 e. The maximum absolute atomic E-state index is 12.7. The van der Waals surface area contributed by atoms with Crippen LogP contribution in [0.2, 0.25) is 0 Å². The van der Waals surface area contributed by atoms with Crippen LogP contribution in [0.3, 0.4) is 0 Å². The second kappa shape index (κ2) is 6.52. The lowest BCUT2D eigenvalue weighted by molar-refractivity contribution is 0.0654. The molecule has 0 bridgehead atoms. The molecule has 24 heavy (non-hydrogen) atoms. The number of benzene rings is 1. The Labute approximate surface area is 140 Å². The van der Waals surface area contributed by atoms with Crippen molar-refractivity contribution in [1.82, 2.24) is 4.31 Å². The predicted octanol–water partition coefficient (Wildman–Crippen LogP) is 3.24. The summed E-state index contributed by atoms with van der Waals surface area (Å²) in [5, 5.41) is 0. The van der Waals surface area contributed by atoms with E-state index in [1.54, 1.807) is 24.3 Å². The summed E-state index contributed by atoms with van der Waals surface area (Å²) in [5.74, 6) is -0.421. The minimum absolute atomic E-state index is 0.0573. The number of hydrogen-bond donors (Lipinski definition) is 0. The molecule has 0 aliphatic carbocycles. The number of ether oxygens (including phenoxy) is 1. The summed E-state index contributed by atoms with van der Waals surface area (Å²) >= 11 is 0. The molecular weight excluding hydrogens is 330 g/mol. The van der Waals surface area contributed by atoms with E-state index in [0.29, 0.717) is 18.5 Å². The minimum Gasteiger partial charge on any atom is -0.457 e. The number of fused-ring (bicyclic) bond motifs is 1. The first-order valence-electron chi connectivity index (χ1n) is 7.63. The molecule has 0 unspecified atom stereocenters. The van der Waals surface area contributed by atoms with Crippen molar-refractivity contribution in [1.29, 1.82) is 0 Å². The van der Waals surface area contributed by atoms with Crippen molar-refractivity contribution in [3.05, 3.63) is 60.2 Å². The molecule has 2 aromatic rings. The van der Waals surface area contributed by atoms with Crippen molar-refractivity contribution in [3.8, 4) is 0 Å². The monoisotopic (exact) mass is 347 g/mol. The van der Waals surface area contributed by atoms with Crippen molar-refractivity contribution in [2.24, 2.45) is 0 Å². The van der Waals surface area contributed by atoms with Gasteiger partial charge in [-0.1, -0.05) is 25.5 Å². The van der Waals surface area contributed by atoms with Gasteiger partial charge in [-0.05, 0) is 30.7 Å². The Kier molecular flexibility index (Phi) is 4.44. The van der Waals surface area contributed by atoms with Crippen LogP contribution in [0.4, 0.5) is 0 Å². The van der Waals surface area contributed by atoms with Crippen LogP contribution >= 0.6 is 0 Å². The topological polar surface area (TPSA) is 76.8 Å². The SMILES string of the molecule is CCCCN1C=C(OC(=O)c2ccco2)c2ccccc2S1(=O)=O. The van der Waals surface area contributed by atoms with Gasteiger partial charge in [-0.15, -0.1) is 0 Å². The van der Waals surface area contributed by atoms with Gasteiger partial charge in [-0.25, -0.2) is 13.2 Å². The molecule has 1 aliphatic heterocycles. The summed E-state index contributed by atoms with van der Waals surface area (Å²) in [4.78, 5) is 12.3. The van der Waals surface area contributed by atoms with Gasteiger partial charge in [0.25, 0.3) is 10.0 Å². The lowest BCUT2D eigenvalue weighted by atomic mass is 10.2. The Balaban J connectivity index is 1.99. The van der Waals surface area contributed by atoms with E-state index >= 15 is 0 Å². The van der Waals surface area contributed by atoms with Crippen LogP contribution in [0, 0.1) is 0 Å². The van der Waals surface area contributed by atoms with Crippen LogP contribution in [-0.4, -0.2) is 25.2 Å². The second-order valence-electron chi connectivity index (χ2n) is 5.33. The average Bonchev–Trinajstić information content (AvgIpc) is 3.11. The van der Waals surface area contributed by atoms with Gasteiger partial charge in [-0.3, -0.25) is 4.31 Å². The van der Waals surface area contributed by atoms with Crippen LogP contribution in [0.25, 0.3) is 5.76 Å². The third kappa shape index (κ3) is 2.94. The summed E-state index contributed by atoms with van der Waals surface area (Å²) < 4.78 is 37.0. The highest BCUT2D eigenvalue weighted by Crippen LogP contribution is 2.33. The molecule has 2 heterocycles. The molecule has 0 spiro atoms. The number of carbonyl (C=O) groups is 1. The Morgan fingerprint density at radius 2 is 2.00 bits per heavy atom. The molecule has 1 aromatic heterocycles. The largest absolute Gasteiger partial charge is 0.457 e. The van der Waals surface area contributed by atoms with Gasteiger partial charge >= 0.3 is 5.97 Å². The van der Waals surface area contributed by atoms with Crippen molar-refractivity contribution >= 4 is 21.8 Å². The van der Waals surface area contributed by atoms with Crippen molar-refractivity contribution < 1.29 is 22.4 Å². The van der Waals surface area contributed by atoms with Crippen LogP contribution in [0.15, 0.2) is 58.2 Å². The highest BCUT2D eigenvalue weighted by atomic mass is 32.2. The highest BCUT2D eigenvalue weighted by Gasteiger charge is 2.32. The van der Waals surface area contributed by atoms with E-state index in [2.05, 4.69) is 0 Å².